The van der Waals surface area contributed by atoms with E-state index in [4.69, 9.17) is 9.47 Å². The normalized spacial score (nSPS) is 10.3. The maximum Gasteiger partial charge on any atom is 0.357 e. The number of rotatable bonds is 6. The molecule has 2 rings (SSSR count). The number of pyridine rings is 1. The van der Waals surface area contributed by atoms with Crippen molar-refractivity contribution < 1.29 is 19.2 Å². The van der Waals surface area contributed by atoms with E-state index in [-0.39, 0.29) is 23.2 Å². The van der Waals surface area contributed by atoms with Gasteiger partial charge in [0.15, 0.2) is 5.69 Å². The Morgan fingerprint density at radius 3 is 2.58 bits per heavy atom. The third-order valence-corrected chi connectivity index (χ3v) is 2.95. The molecule has 0 saturated carbocycles. The molecule has 0 saturated heterocycles. The highest BCUT2D eigenvalue weighted by atomic mass is 16.6. The van der Waals surface area contributed by atoms with E-state index in [0.29, 0.717) is 11.4 Å². The number of anilines is 1. The van der Waals surface area contributed by atoms with Crippen LogP contribution >= 0.6 is 0 Å². The molecule has 0 bridgehead atoms. The van der Waals surface area contributed by atoms with Gasteiger partial charge in [-0.2, -0.15) is 0 Å². The predicted octanol–water partition coefficient (Wildman–Crippen LogP) is 3.39. The second kappa shape index (κ2) is 7.40. The third-order valence-electron chi connectivity index (χ3n) is 2.95. The van der Waals surface area contributed by atoms with Crippen LogP contribution in [0, 0.1) is 10.1 Å². The fourth-order valence-electron chi connectivity index (χ4n) is 1.93. The fraction of sp³-hybridized carbons (Fsp3) is 0.250. The number of aromatic nitrogens is 1. The number of carbonyl (C=O) groups excluding carboxylic acids is 1. The van der Waals surface area contributed by atoms with Crippen LogP contribution in [-0.2, 0) is 4.74 Å². The van der Waals surface area contributed by atoms with Gasteiger partial charge in [-0.25, -0.2) is 9.78 Å². The average Bonchev–Trinajstić information content (AvgIpc) is 2.54. The lowest BCUT2D eigenvalue weighted by molar-refractivity contribution is -0.384. The zero-order valence-corrected chi connectivity index (χ0v) is 13.5. The van der Waals surface area contributed by atoms with E-state index < -0.39 is 10.9 Å². The third kappa shape index (κ3) is 4.19. The molecule has 1 aromatic carbocycles. The molecule has 0 aliphatic rings. The standard InChI is InChI=1S/C16H17N3O5/c1-10(2)23-16(20)14-8-12(6-7-18-14)24-11-4-5-13(17-3)15(9-11)19(21)22/h4-10,17H,1-3H3. The fourth-order valence-corrected chi connectivity index (χ4v) is 1.93. The molecule has 0 spiro atoms. The smallest absolute Gasteiger partial charge is 0.357 e. The zero-order chi connectivity index (χ0) is 17.7. The molecule has 2 aromatic rings. The quantitative estimate of drug-likeness (QED) is 0.491. The number of ether oxygens (including phenoxy) is 2. The van der Waals surface area contributed by atoms with Gasteiger partial charge in [0.05, 0.1) is 17.1 Å². The SMILES string of the molecule is CNc1ccc(Oc2ccnc(C(=O)OC(C)C)c2)cc1[N+](=O)[O-]. The first-order valence-electron chi connectivity index (χ1n) is 7.21. The number of nitrogens with zero attached hydrogens (tertiary/aromatic N) is 2. The van der Waals surface area contributed by atoms with Gasteiger partial charge in [-0.1, -0.05) is 0 Å². The van der Waals surface area contributed by atoms with Crippen molar-refractivity contribution in [3.05, 3.63) is 52.3 Å². The van der Waals surface area contributed by atoms with Gasteiger partial charge in [0.25, 0.3) is 5.69 Å². The van der Waals surface area contributed by atoms with Crippen LogP contribution in [0.2, 0.25) is 0 Å². The van der Waals surface area contributed by atoms with Crippen LogP contribution in [0.15, 0.2) is 36.5 Å². The molecule has 0 amide bonds. The molecule has 1 heterocycles. The molecule has 126 valence electrons. The number of benzene rings is 1. The van der Waals surface area contributed by atoms with E-state index in [1.807, 2.05) is 0 Å². The number of nitro benzene ring substituents is 1. The summed E-state index contributed by atoms with van der Waals surface area (Å²) in [7, 11) is 1.60. The lowest BCUT2D eigenvalue weighted by Crippen LogP contribution is -2.12. The highest BCUT2D eigenvalue weighted by Crippen LogP contribution is 2.31. The summed E-state index contributed by atoms with van der Waals surface area (Å²) in [5, 5.41) is 13.8. The van der Waals surface area contributed by atoms with Crippen molar-refractivity contribution in [2.75, 3.05) is 12.4 Å². The molecule has 24 heavy (non-hydrogen) atoms. The molecule has 0 unspecified atom stereocenters. The van der Waals surface area contributed by atoms with Crippen molar-refractivity contribution in [3.8, 4) is 11.5 Å². The Morgan fingerprint density at radius 1 is 1.25 bits per heavy atom. The number of nitrogens with one attached hydrogen (secondary N) is 1. The Bertz CT molecular complexity index is 761. The van der Waals surface area contributed by atoms with E-state index in [1.165, 1.54) is 18.3 Å². The van der Waals surface area contributed by atoms with Crippen LogP contribution in [0.25, 0.3) is 0 Å². The molecule has 0 fully saturated rings. The maximum absolute atomic E-state index is 11.8. The van der Waals surface area contributed by atoms with E-state index in [2.05, 4.69) is 10.3 Å². The molecular weight excluding hydrogens is 314 g/mol. The van der Waals surface area contributed by atoms with E-state index in [9.17, 15) is 14.9 Å². The lowest BCUT2D eigenvalue weighted by atomic mass is 10.2. The number of hydrogen-bond acceptors (Lipinski definition) is 7. The number of esters is 1. The lowest BCUT2D eigenvalue weighted by Gasteiger charge is -2.10. The van der Waals surface area contributed by atoms with Crippen molar-refractivity contribution >= 4 is 17.3 Å². The van der Waals surface area contributed by atoms with Gasteiger partial charge >= 0.3 is 5.97 Å². The first-order chi connectivity index (χ1) is 11.4. The molecule has 8 heteroatoms. The highest BCUT2D eigenvalue weighted by molar-refractivity contribution is 5.87. The Balaban J connectivity index is 2.24. The Kier molecular flexibility index (Phi) is 5.31. The van der Waals surface area contributed by atoms with E-state index >= 15 is 0 Å². The van der Waals surface area contributed by atoms with Crippen LogP contribution in [0.3, 0.4) is 0 Å². The zero-order valence-electron chi connectivity index (χ0n) is 13.5. The summed E-state index contributed by atoms with van der Waals surface area (Å²) in [5.74, 6) is 0.0363. The Morgan fingerprint density at radius 2 is 1.96 bits per heavy atom. The van der Waals surface area contributed by atoms with Gasteiger partial charge in [-0.15, -0.1) is 0 Å². The summed E-state index contributed by atoms with van der Waals surface area (Å²) in [5.41, 5.74) is 0.370. The number of hydrogen-bond donors (Lipinski definition) is 1. The summed E-state index contributed by atoms with van der Waals surface area (Å²) in [6, 6.07) is 7.40. The Labute approximate surface area is 138 Å². The molecule has 1 aromatic heterocycles. The molecule has 8 nitrogen and oxygen atoms in total. The van der Waals surface area contributed by atoms with Crippen LogP contribution in [0.5, 0.6) is 11.5 Å². The van der Waals surface area contributed by atoms with Crippen molar-refractivity contribution in [1.29, 1.82) is 0 Å². The summed E-state index contributed by atoms with van der Waals surface area (Å²) in [6.07, 6.45) is 1.14. The topological polar surface area (TPSA) is 104 Å². The van der Waals surface area contributed by atoms with Crippen molar-refractivity contribution in [2.24, 2.45) is 0 Å². The molecule has 0 atom stereocenters. The summed E-state index contributed by atoms with van der Waals surface area (Å²) >= 11 is 0. The summed E-state index contributed by atoms with van der Waals surface area (Å²) in [6.45, 7) is 3.47. The van der Waals surface area contributed by atoms with E-state index in [0.717, 1.165) is 0 Å². The predicted molar refractivity (Wildman–Crippen MR) is 87.5 cm³/mol. The largest absolute Gasteiger partial charge is 0.458 e. The number of nitro groups is 1. The molecule has 0 radical (unpaired) electrons. The molecule has 0 aliphatic carbocycles. The molecule has 1 N–H and O–H groups in total. The van der Waals surface area contributed by atoms with Gasteiger partial charge in [0, 0.05) is 19.3 Å². The van der Waals surface area contributed by atoms with Crippen LogP contribution in [0.1, 0.15) is 24.3 Å². The van der Waals surface area contributed by atoms with Crippen molar-refractivity contribution in [1.82, 2.24) is 4.98 Å². The summed E-state index contributed by atoms with van der Waals surface area (Å²) in [4.78, 5) is 26.4. The van der Waals surface area contributed by atoms with Crippen LogP contribution in [-0.4, -0.2) is 29.0 Å². The van der Waals surface area contributed by atoms with Gasteiger partial charge in [-0.05, 0) is 32.0 Å². The maximum atomic E-state index is 11.8. The van der Waals surface area contributed by atoms with Gasteiger partial charge in [-0.3, -0.25) is 10.1 Å². The first-order valence-corrected chi connectivity index (χ1v) is 7.21. The van der Waals surface area contributed by atoms with Crippen LogP contribution < -0.4 is 10.1 Å². The van der Waals surface area contributed by atoms with Gasteiger partial charge in [0.2, 0.25) is 0 Å². The second-order valence-corrected chi connectivity index (χ2v) is 5.12. The van der Waals surface area contributed by atoms with Gasteiger partial charge in [0.1, 0.15) is 17.2 Å². The number of carbonyl (C=O) groups is 1. The molecule has 0 aliphatic heterocycles. The minimum absolute atomic E-state index is 0.0996. The second-order valence-electron chi connectivity index (χ2n) is 5.12. The minimum Gasteiger partial charge on any atom is -0.458 e. The first kappa shape index (κ1) is 17.2. The summed E-state index contributed by atoms with van der Waals surface area (Å²) < 4.78 is 10.7. The van der Waals surface area contributed by atoms with Crippen molar-refractivity contribution in [2.45, 2.75) is 20.0 Å². The highest BCUT2D eigenvalue weighted by Gasteiger charge is 2.16. The molecular formula is C16H17N3O5. The van der Waals surface area contributed by atoms with Gasteiger partial charge < -0.3 is 14.8 Å². The van der Waals surface area contributed by atoms with Crippen molar-refractivity contribution in [3.63, 3.8) is 0 Å². The Hall–Kier alpha value is -3.16. The van der Waals surface area contributed by atoms with Crippen LogP contribution in [0.4, 0.5) is 11.4 Å². The monoisotopic (exact) mass is 331 g/mol. The minimum atomic E-state index is -0.563. The van der Waals surface area contributed by atoms with E-state index in [1.54, 1.807) is 39.1 Å². The average molecular weight is 331 g/mol.